The van der Waals surface area contributed by atoms with Crippen LogP contribution in [0.3, 0.4) is 0 Å². The van der Waals surface area contributed by atoms with E-state index in [1.165, 1.54) is 17.1 Å². The van der Waals surface area contributed by atoms with Crippen molar-refractivity contribution in [2.75, 3.05) is 11.9 Å². The lowest BCUT2D eigenvalue weighted by Crippen LogP contribution is -2.41. The summed E-state index contributed by atoms with van der Waals surface area (Å²) in [4.78, 5) is 33.2. The Morgan fingerprint density at radius 1 is 1.40 bits per heavy atom. The number of anilines is 1. The third-order valence-electron chi connectivity index (χ3n) is 2.05. The third-order valence-corrected chi connectivity index (χ3v) is 2.05. The molecule has 0 radical (unpaired) electrons. The molecular formula is C11H17N5O4. The second-order valence-corrected chi connectivity index (χ2v) is 4.35. The zero-order valence-electron chi connectivity index (χ0n) is 11.2. The van der Waals surface area contributed by atoms with Crippen molar-refractivity contribution in [3.8, 4) is 0 Å². The molecule has 0 atom stereocenters. The molecule has 0 saturated heterocycles. The van der Waals surface area contributed by atoms with Crippen molar-refractivity contribution in [3.63, 3.8) is 0 Å². The molecule has 9 heteroatoms. The molecule has 0 fully saturated rings. The van der Waals surface area contributed by atoms with E-state index in [1.807, 2.05) is 13.8 Å². The third kappa shape index (κ3) is 5.85. The Balaban J connectivity index is 2.37. The van der Waals surface area contributed by atoms with E-state index in [2.05, 4.69) is 21.0 Å². The number of hydrogen-bond donors (Lipinski definition) is 4. The quantitative estimate of drug-likeness (QED) is 0.566. The smallest absolute Gasteiger partial charge is 0.325 e. The number of nitrogens with zero attached hydrogens (tertiary/aromatic N) is 2. The Hall–Kier alpha value is -2.58. The predicted octanol–water partition coefficient (Wildman–Crippen LogP) is -0.386. The molecule has 0 bridgehead atoms. The Labute approximate surface area is 115 Å². The number of nitrogens with one attached hydrogen (secondary N) is 3. The minimum Gasteiger partial charge on any atom is -0.480 e. The standard InChI is InChI=1S/C11H17N5O4/c1-7(2)14-9(17)4-12-11(20)15-8-3-13-16(5-8)6-10(18)19/h3,5,7H,4,6H2,1-2H3,(H,14,17)(H,18,19)(H2,12,15,20). The van der Waals surface area contributed by atoms with Gasteiger partial charge >= 0.3 is 12.0 Å². The van der Waals surface area contributed by atoms with Crippen LogP contribution in [0.1, 0.15) is 13.8 Å². The highest BCUT2D eigenvalue weighted by atomic mass is 16.4. The number of aromatic nitrogens is 2. The minimum absolute atomic E-state index is 0.00149. The molecule has 0 saturated carbocycles. The second kappa shape index (κ2) is 7.12. The molecular weight excluding hydrogens is 266 g/mol. The number of carboxylic acid groups (broad SMARTS) is 1. The van der Waals surface area contributed by atoms with Gasteiger partial charge in [0.1, 0.15) is 6.54 Å². The van der Waals surface area contributed by atoms with Crippen molar-refractivity contribution in [1.29, 1.82) is 0 Å². The molecule has 1 aromatic rings. The van der Waals surface area contributed by atoms with E-state index in [1.54, 1.807) is 0 Å². The zero-order valence-corrected chi connectivity index (χ0v) is 11.2. The number of urea groups is 1. The Morgan fingerprint density at radius 2 is 2.10 bits per heavy atom. The van der Waals surface area contributed by atoms with Gasteiger partial charge in [-0.25, -0.2) is 4.79 Å². The van der Waals surface area contributed by atoms with Gasteiger partial charge in [-0.1, -0.05) is 0 Å². The van der Waals surface area contributed by atoms with Gasteiger partial charge in [0.2, 0.25) is 5.91 Å². The lowest BCUT2D eigenvalue weighted by atomic mass is 10.4. The van der Waals surface area contributed by atoms with E-state index in [0.717, 1.165) is 0 Å². The normalized spacial score (nSPS) is 10.2. The molecule has 0 aromatic carbocycles. The summed E-state index contributed by atoms with van der Waals surface area (Å²) in [6.45, 7) is 3.19. The van der Waals surface area contributed by atoms with Crippen LogP contribution in [-0.2, 0) is 16.1 Å². The van der Waals surface area contributed by atoms with Crippen LogP contribution in [0.4, 0.5) is 10.5 Å². The molecule has 0 aliphatic heterocycles. The molecule has 4 N–H and O–H groups in total. The van der Waals surface area contributed by atoms with Gasteiger partial charge in [-0.15, -0.1) is 0 Å². The highest BCUT2D eigenvalue weighted by Crippen LogP contribution is 2.03. The first-order valence-corrected chi connectivity index (χ1v) is 5.95. The summed E-state index contributed by atoms with van der Waals surface area (Å²) in [6.07, 6.45) is 2.69. The average molecular weight is 283 g/mol. The highest BCUT2D eigenvalue weighted by Gasteiger charge is 2.08. The van der Waals surface area contributed by atoms with E-state index in [-0.39, 0.29) is 25.0 Å². The van der Waals surface area contributed by atoms with Gasteiger partial charge in [0, 0.05) is 12.2 Å². The maximum absolute atomic E-state index is 11.5. The van der Waals surface area contributed by atoms with E-state index < -0.39 is 12.0 Å². The lowest BCUT2D eigenvalue weighted by molar-refractivity contribution is -0.137. The van der Waals surface area contributed by atoms with Gasteiger partial charge < -0.3 is 21.1 Å². The molecule has 3 amide bonds. The molecule has 0 spiro atoms. The predicted molar refractivity (Wildman–Crippen MR) is 70.2 cm³/mol. The maximum atomic E-state index is 11.5. The fourth-order valence-corrected chi connectivity index (χ4v) is 1.36. The Kier molecular flexibility index (Phi) is 5.51. The Bertz CT molecular complexity index is 497. The van der Waals surface area contributed by atoms with Crippen molar-refractivity contribution in [2.45, 2.75) is 26.4 Å². The van der Waals surface area contributed by atoms with E-state index in [9.17, 15) is 14.4 Å². The first-order chi connectivity index (χ1) is 9.36. The van der Waals surface area contributed by atoms with Crippen LogP contribution in [0.15, 0.2) is 12.4 Å². The molecule has 9 nitrogen and oxygen atoms in total. The fraction of sp³-hybridized carbons (Fsp3) is 0.455. The van der Waals surface area contributed by atoms with Gasteiger partial charge in [-0.3, -0.25) is 14.3 Å². The summed E-state index contributed by atoms with van der Waals surface area (Å²) in [5.41, 5.74) is 0.341. The van der Waals surface area contributed by atoms with Crippen molar-refractivity contribution >= 4 is 23.6 Å². The number of aliphatic carboxylic acids is 1. The number of hydrogen-bond acceptors (Lipinski definition) is 4. The van der Waals surface area contributed by atoms with Gasteiger partial charge in [0.15, 0.2) is 0 Å². The zero-order chi connectivity index (χ0) is 15.1. The van der Waals surface area contributed by atoms with Crippen LogP contribution in [-0.4, -0.2) is 45.4 Å². The molecule has 1 aromatic heterocycles. The molecule has 0 unspecified atom stereocenters. The number of rotatable bonds is 6. The second-order valence-electron chi connectivity index (χ2n) is 4.35. The van der Waals surface area contributed by atoms with Crippen LogP contribution in [0, 0.1) is 0 Å². The van der Waals surface area contributed by atoms with E-state index >= 15 is 0 Å². The number of carboxylic acids is 1. The maximum Gasteiger partial charge on any atom is 0.325 e. The lowest BCUT2D eigenvalue weighted by Gasteiger charge is -2.09. The molecule has 1 rings (SSSR count). The summed E-state index contributed by atoms with van der Waals surface area (Å²) >= 11 is 0. The Morgan fingerprint density at radius 3 is 2.70 bits per heavy atom. The van der Waals surface area contributed by atoms with Crippen LogP contribution in [0.2, 0.25) is 0 Å². The first-order valence-electron chi connectivity index (χ1n) is 5.95. The topological polar surface area (TPSA) is 125 Å². The van der Waals surface area contributed by atoms with Crippen LogP contribution < -0.4 is 16.0 Å². The van der Waals surface area contributed by atoms with Gasteiger partial charge in [0.05, 0.1) is 18.4 Å². The number of carbonyl (C=O) groups is 3. The first kappa shape index (κ1) is 15.5. The summed E-state index contributed by atoms with van der Waals surface area (Å²) in [6, 6.07) is -0.569. The molecule has 20 heavy (non-hydrogen) atoms. The van der Waals surface area contributed by atoms with E-state index in [0.29, 0.717) is 5.69 Å². The summed E-state index contributed by atoms with van der Waals surface area (Å²) < 4.78 is 1.17. The van der Waals surface area contributed by atoms with Crippen molar-refractivity contribution in [3.05, 3.63) is 12.4 Å². The van der Waals surface area contributed by atoms with Gasteiger partial charge in [-0.05, 0) is 13.8 Å². The molecule has 1 heterocycles. The van der Waals surface area contributed by atoms with Crippen LogP contribution in [0.5, 0.6) is 0 Å². The van der Waals surface area contributed by atoms with Crippen molar-refractivity contribution in [1.82, 2.24) is 20.4 Å². The van der Waals surface area contributed by atoms with Crippen LogP contribution in [0.25, 0.3) is 0 Å². The highest BCUT2D eigenvalue weighted by molar-refractivity contribution is 5.92. The summed E-state index contributed by atoms with van der Waals surface area (Å²) in [7, 11) is 0. The summed E-state index contributed by atoms with van der Waals surface area (Å²) in [5, 5.41) is 19.8. The van der Waals surface area contributed by atoms with E-state index in [4.69, 9.17) is 5.11 Å². The van der Waals surface area contributed by atoms with Crippen molar-refractivity contribution < 1.29 is 19.5 Å². The van der Waals surface area contributed by atoms with Gasteiger partial charge in [0.25, 0.3) is 0 Å². The molecule has 0 aliphatic rings. The SMILES string of the molecule is CC(C)NC(=O)CNC(=O)Nc1cnn(CC(=O)O)c1. The minimum atomic E-state index is -1.03. The van der Waals surface area contributed by atoms with Crippen LogP contribution >= 0.6 is 0 Å². The summed E-state index contributed by atoms with van der Waals surface area (Å²) in [5.74, 6) is -1.33. The van der Waals surface area contributed by atoms with Gasteiger partial charge in [-0.2, -0.15) is 5.10 Å². The van der Waals surface area contributed by atoms with Crippen molar-refractivity contribution in [2.24, 2.45) is 0 Å². The fourth-order valence-electron chi connectivity index (χ4n) is 1.36. The number of amides is 3. The molecule has 0 aliphatic carbocycles. The molecule has 110 valence electrons. The number of carbonyl (C=O) groups excluding carboxylic acids is 2. The monoisotopic (exact) mass is 283 g/mol. The average Bonchev–Trinajstić information content (AvgIpc) is 2.72. The largest absolute Gasteiger partial charge is 0.480 e.